The number of thioether (sulfide) groups is 1. The Labute approximate surface area is 177 Å². The van der Waals surface area contributed by atoms with Crippen molar-refractivity contribution in [1.82, 2.24) is 9.47 Å². The molecule has 2 N–H and O–H groups in total. The van der Waals surface area contributed by atoms with Crippen LogP contribution in [0.1, 0.15) is 22.8 Å². The molecular weight excluding hydrogens is 402 g/mol. The standard InChI is InChI=1S/C22H19N3O4S/c1-3-25-20(27)19(10-13-12-24(2)17-7-5-4-6-15(13)17)30-22(25)23-14-8-9-16(21(28)29)18(26)11-14/h4-12,26H,3H2,1-2H3,(H,28,29)/b19-10-,23-22?. The van der Waals surface area contributed by atoms with Gasteiger partial charge in [-0.25, -0.2) is 9.79 Å². The van der Waals surface area contributed by atoms with Gasteiger partial charge in [0, 0.05) is 42.3 Å². The van der Waals surface area contributed by atoms with E-state index < -0.39 is 5.97 Å². The van der Waals surface area contributed by atoms with Crippen molar-refractivity contribution in [3.8, 4) is 5.75 Å². The number of fused-ring (bicyclic) bond motifs is 1. The third-order valence-corrected chi connectivity index (χ3v) is 5.86. The molecule has 30 heavy (non-hydrogen) atoms. The average molecular weight is 421 g/mol. The van der Waals surface area contributed by atoms with Crippen LogP contribution in [0.5, 0.6) is 5.75 Å². The van der Waals surface area contributed by atoms with Crippen molar-refractivity contribution < 1.29 is 19.8 Å². The summed E-state index contributed by atoms with van der Waals surface area (Å²) in [4.78, 5) is 30.6. The monoisotopic (exact) mass is 421 g/mol. The first kappa shape index (κ1) is 19.8. The highest BCUT2D eigenvalue weighted by Gasteiger charge is 2.32. The molecule has 0 spiro atoms. The third kappa shape index (κ3) is 3.46. The van der Waals surface area contributed by atoms with Crippen LogP contribution in [0, 0.1) is 0 Å². The SMILES string of the molecule is CCN1C(=O)/C(=C/c2cn(C)c3ccccc23)SC1=Nc1ccc(C(=O)O)c(O)c1. The van der Waals surface area contributed by atoms with Crippen molar-refractivity contribution in [3.05, 3.63) is 64.7 Å². The molecule has 0 unspecified atom stereocenters. The molecule has 2 heterocycles. The second-order valence-corrected chi connectivity index (χ2v) is 7.78. The molecule has 1 fully saturated rings. The second kappa shape index (κ2) is 7.72. The Morgan fingerprint density at radius 3 is 2.70 bits per heavy atom. The number of aromatic carboxylic acids is 1. The van der Waals surface area contributed by atoms with E-state index in [1.54, 1.807) is 4.90 Å². The summed E-state index contributed by atoms with van der Waals surface area (Å²) in [5.74, 6) is -1.72. The largest absolute Gasteiger partial charge is 0.507 e. The number of carboxylic acids is 1. The molecule has 0 bridgehead atoms. The van der Waals surface area contributed by atoms with Crippen molar-refractivity contribution in [2.45, 2.75) is 6.92 Å². The van der Waals surface area contributed by atoms with Crippen molar-refractivity contribution in [2.24, 2.45) is 12.0 Å². The Morgan fingerprint density at radius 1 is 1.23 bits per heavy atom. The van der Waals surface area contributed by atoms with Crippen molar-refractivity contribution >= 4 is 51.5 Å². The van der Waals surface area contributed by atoms with Gasteiger partial charge in [0.2, 0.25) is 0 Å². The van der Waals surface area contributed by atoms with Gasteiger partial charge in [-0.1, -0.05) is 18.2 Å². The molecule has 7 nitrogen and oxygen atoms in total. The number of para-hydroxylation sites is 1. The number of aliphatic imine (C=N–C) groups is 1. The Kier molecular flexibility index (Phi) is 5.09. The molecule has 1 aromatic heterocycles. The maximum Gasteiger partial charge on any atom is 0.339 e. The summed E-state index contributed by atoms with van der Waals surface area (Å²) in [6.07, 6.45) is 3.85. The van der Waals surface area contributed by atoms with Crippen LogP contribution in [-0.2, 0) is 11.8 Å². The molecule has 152 valence electrons. The minimum atomic E-state index is -1.22. The predicted octanol–water partition coefficient (Wildman–Crippen LogP) is 4.21. The summed E-state index contributed by atoms with van der Waals surface area (Å²) in [7, 11) is 1.96. The van der Waals surface area contributed by atoms with E-state index in [0.717, 1.165) is 16.5 Å². The highest BCUT2D eigenvalue weighted by molar-refractivity contribution is 8.18. The van der Waals surface area contributed by atoms with E-state index >= 15 is 0 Å². The molecule has 1 saturated heterocycles. The maximum atomic E-state index is 12.9. The van der Waals surface area contributed by atoms with Gasteiger partial charge in [-0.05, 0) is 43.0 Å². The summed E-state index contributed by atoms with van der Waals surface area (Å²) >= 11 is 1.26. The van der Waals surface area contributed by atoms with E-state index in [1.807, 2.05) is 55.1 Å². The lowest BCUT2D eigenvalue weighted by Crippen LogP contribution is -2.28. The van der Waals surface area contributed by atoms with Crippen molar-refractivity contribution in [2.75, 3.05) is 6.54 Å². The normalized spacial score (nSPS) is 16.9. The number of hydrogen-bond donors (Lipinski definition) is 2. The van der Waals surface area contributed by atoms with E-state index in [1.165, 1.54) is 30.0 Å². The minimum absolute atomic E-state index is 0.138. The molecule has 1 aliphatic rings. The van der Waals surface area contributed by atoms with Gasteiger partial charge >= 0.3 is 5.97 Å². The molecule has 3 aromatic rings. The minimum Gasteiger partial charge on any atom is -0.507 e. The number of carbonyl (C=O) groups is 2. The summed E-state index contributed by atoms with van der Waals surface area (Å²) < 4.78 is 2.02. The lowest BCUT2D eigenvalue weighted by Gasteiger charge is -2.12. The number of amides is 1. The van der Waals surface area contributed by atoms with Crippen LogP contribution in [0.15, 0.2) is 58.6 Å². The number of benzene rings is 2. The summed E-state index contributed by atoms with van der Waals surface area (Å²) in [5, 5.41) is 20.5. The lowest BCUT2D eigenvalue weighted by atomic mass is 10.1. The lowest BCUT2D eigenvalue weighted by molar-refractivity contribution is -0.122. The van der Waals surface area contributed by atoms with Crippen LogP contribution >= 0.6 is 11.8 Å². The Hall–Kier alpha value is -3.52. The summed E-state index contributed by atoms with van der Waals surface area (Å²) in [5.41, 5.74) is 2.20. The van der Waals surface area contributed by atoms with Crippen LogP contribution in [0.4, 0.5) is 5.69 Å². The quantitative estimate of drug-likeness (QED) is 0.616. The molecule has 1 amide bonds. The van der Waals surface area contributed by atoms with E-state index in [2.05, 4.69) is 4.99 Å². The van der Waals surface area contributed by atoms with Gasteiger partial charge < -0.3 is 14.8 Å². The zero-order chi connectivity index (χ0) is 21.4. The molecule has 1 aliphatic heterocycles. The van der Waals surface area contributed by atoms with Gasteiger partial charge in [-0.15, -0.1) is 0 Å². The van der Waals surface area contributed by atoms with Gasteiger partial charge in [0.05, 0.1) is 10.6 Å². The van der Waals surface area contributed by atoms with Crippen LogP contribution in [0.25, 0.3) is 17.0 Å². The topological polar surface area (TPSA) is 95.1 Å². The second-order valence-electron chi connectivity index (χ2n) is 6.77. The molecule has 8 heteroatoms. The number of rotatable bonds is 4. The first-order chi connectivity index (χ1) is 14.4. The van der Waals surface area contributed by atoms with Crippen LogP contribution < -0.4 is 0 Å². The zero-order valence-electron chi connectivity index (χ0n) is 16.4. The first-order valence-electron chi connectivity index (χ1n) is 9.29. The van der Waals surface area contributed by atoms with Gasteiger partial charge in [0.1, 0.15) is 11.3 Å². The van der Waals surface area contributed by atoms with Gasteiger partial charge in [0.25, 0.3) is 5.91 Å². The Balaban J connectivity index is 1.71. The maximum absolute atomic E-state index is 12.9. The van der Waals surface area contributed by atoms with Crippen molar-refractivity contribution in [3.63, 3.8) is 0 Å². The fraction of sp³-hybridized carbons (Fsp3) is 0.136. The molecule has 2 aromatic carbocycles. The molecule has 0 saturated carbocycles. The molecule has 0 radical (unpaired) electrons. The highest BCUT2D eigenvalue weighted by Crippen LogP contribution is 2.36. The van der Waals surface area contributed by atoms with Gasteiger partial charge in [-0.2, -0.15) is 0 Å². The first-order valence-corrected chi connectivity index (χ1v) is 10.1. The summed E-state index contributed by atoms with van der Waals surface area (Å²) in [6, 6.07) is 12.1. The van der Waals surface area contributed by atoms with E-state index in [0.29, 0.717) is 22.3 Å². The van der Waals surface area contributed by atoms with Crippen LogP contribution in [0.2, 0.25) is 0 Å². The van der Waals surface area contributed by atoms with Crippen LogP contribution in [0.3, 0.4) is 0 Å². The van der Waals surface area contributed by atoms with E-state index in [-0.39, 0.29) is 17.2 Å². The number of aromatic nitrogens is 1. The molecule has 4 rings (SSSR count). The van der Waals surface area contributed by atoms with E-state index in [9.17, 15) is 14.7 Å². The average Bonchev–Trinajstić information content (AvgIpc) is 3.18. The third-order valence-electron chi connectivity index (χ3n) is 4.86. The number of hydrogen-bond acceptors (Lipinski definition) is 5. The number of carboxylic acid groups (broad SMARTS) is 1. The molecular formula is C22H19N3O4S. The summed E-state index contributed by atoms with van der Waals surface area (Å²) in [6.45, 7) is 2.30. The fourth-order valence-corrected chi connectivity index (χ4v) is 4.43. The molecule has 0 atom stereocenters. The number of amidine groups is 1. The predicted molar refractivity (Wildman–Crippen MR) is 118 cm³/mol. The van der Waals surface area contributed by atoms with Crippen LogP contribution in [-0.4, -0.2) is 43.3 Å². The number of carbonyl (C=O) groups excluding carboxylic acids is 1. The fourth-order valence-electron chi connectivity index (χ4n) is 3.38. The smallest absolute Gasteiger partial charge is 0.339 e. The molecule has 0 aliphatic carbocycles. The number of nitrogens with zero attached hydrogens (tertiary/aromatic N) is 3. The zero-order valence-corrected chi connectivity index (χ0v) is 17.2. The number of phenols is 1. The van der Waals surface area contributed by atoms with Crippen molar-refractivity contribution in [1.29, 1.82) is 0 Å². The Bertz CT molecular complexity index is 1240. The van der Waals surface area contributed by atoms with Gasteiger partial charge in [-0.3, -0.25) is 9.69 Å². The Morgan fingerprint density at radius 2 is 2.00 bits per heavy atom. The van der Waals surface area contributed by atoms with Gasteiger partial charge in [0.15, 0.2) is 5.17 Å². The highest BCUT2D eigenvalue weighted by atomic mass is 32.2. The number of likely N-dealkylation sites (N-methyl/N-ethyl adjacent to an activating group) is 1. The van der Waals surface area contributed by atoms with E-state index in [4.69, 9.17) is 5.11 Å². The number of aromatic hydroxyl groups is 1. The number of aryl methyl sites for hydroxylation is 1.